The van der Waals surface area contributed by atoms with Crippen molar-refractivity contribution in [2.45, 2.75) is 20.0 Å². The average molecular weight is 301 g/mol. The SMILES string of the molecule is CCc1nnc(COc2ccc(F)cc2Br)o1. The maximum Gasteiger partial charge on any atom is 0.253 e. The molecule has 0 saturated heterocycles. The molecular formula is C11H10BrFN2O2. The topological polar surface area (TPSA) is 48.2 Å². The van der Waals surface area contributed by atoms with Gasteiger partial charge in [0.1, 0.15) is 11.6 Å². The third-order valence-electron chi connectivity index (χ3n) is 2.06. The van der Waals surface area contributed by atoms with Gasteiger partial charge in [0.15, 0.2) is 6.61 Å². The minimum atomic E-state index is -0.324. The zero-order valence-corrected chi connectivity index (χ0v) is 10.7. The summed E-state index contributed by atoms with van der Waals surface area (Å²) in [6.07, 6.45) is 0.688. The van der Waals surface area contributed by atoms with Gasteiger partial charge in [0.25, 0.3) is 5.89 Å². The van der Waals surface area contributed by atoms with Crippen molar-refractivity contribution in [1.29, 1.82) is 0 Å². The van der Waals surface area contributed by atoms with Crippen molar-refractivity contribution in [2.24, 2.45) is 0 Å². The summed E-state index contributed by atoms with van der Waals surface area (Å²) in [6, 6.07) is 4.20. The predicted molar refractivity (Wildman–Crippen MR) is 62.1 cm³/mol. The lowest BCUT2D eigenvalue weighted by atomic mass is 10.3. The number of aryl methyl sites for hydroxylation is 1. The van der Waals surface area contributed by atoms with E-state index >= 15 is 0 Å². The minimum Gasteiger partial charge on any atom is -0.483 e. The zero-order valence-electron chi connectivity index (χ0n) is 9.11. The van der Waals surface area contributed by atoms with Gasteiger partial charge < -0.3 is 9.15 Å². The molecule has 2 rings (SSSR count). The van der Waals surface area contributed by atoms with Gasteiger partial charge >= 0.3 is 0 Å². The second-order valence-corrected chi connectivity index (χ2v) is 4.16. The van der Waals surface area contributed by atoms with Crippen LogP contribution in [0.5, 0.6) is 5.75 Å². The van der Waals surface area contributed by atoms with Crippen LogP contribution in [0.25, 0.3) is 0 Å². The van der Waals surface area contributed by atoms with Crippen LogP contribution in [0.15, 0.2) is 27.1 Å². The minimum absolute atomic E-state index is 0.164. The number of hydrogen-bond donors (Lipinski definition) is 0. The normalized spacial score (nSPS) is 10.5. The van der Waals surface area contributed by atoms with Crippen LogP contribution in [0.3, 0.4) is 0 Å². The van der Waals surface area contributed by atoms with E-state index in [1.54, 1.807) is 0 Å². The molecule has 1 aromatic heterocycles. The van der Waals surface area contributed by atoms with Gasteiger partial charge in [0.2, 0.25) is 5.89 Å². The molecule has 6 heteroatoms. The smallest absolute Gasteiger partial charge is 0.253 e. The fourth-order valence-electron chi connectivity index (χ4n) is 1.22. The fraction of sp³-hybridized carbons (Fsp3) is 0.273. The number of aromatic nitrogens is 2. The Labute approximate surface area is 106 Å². The highest BCUT2D eigenvalue weighted by atomic mass is 79.9. The molecule has 0 amide bonds. The first-order chi connectivity index (χ1) is 8.19. The first-order valence-electron chi connectivity index (χ1n) is 5.08. The lowest BCUT2D eigenvalue weighted by Crippen LogP contribution is -1.96. The highest BCUT2D eigenvalue weighted by Gasteiger charge is 2.07. The van der Waals surface area contributed by atoms with Crippen molar-refractivity contribution in [1.82, 2.24) is 10.2 Å². The zero-order chi connectivity index (χ0) is 12.3. The first kappa shape index (κ1) is 12.0. The average Bonchev–Trinajstić information content (AvgIpc) is 2.76. The number of halogens is 2. The van der Waals surface area contributed by atoms with E-state index in [9.17, 15) is 4.39 Å². The maximum atomic E-state index is 12.8. The molecule has 0 bridgehead atoms. The number of rotatable bonds is 4. The van der Waals surface area contributed by atoms with E-state index in [0.29, 0.717) is 28.4 Å². The highest BCUT2D eigenvalue weighted by molar-refractivity contribution is 9.10. The van der Waals surface area contributed by atoms with E-state index in [1.165, 1.54) is 18.2 Å². The molecule has 0 saturated carbocycles. The summed E-state index contributed by atoms with van der Waals surface area (Å²) in [5.41, 5.74) is 0. The second-order valence-electron chi connectivity index (χ2n) is 3.31. The molecule has 1 heterocycles. The van der Waals surface area contributed by atoms with Crippen molar-refractivity contribution in [3.63, 3.8) is 0 Å². The molecular weight excluding hydrogens is 291 g/mol. The summed E-state index contributed by atoms with van der Waals surface area (Å²) in [7, 11) is 0. The van der Waals surface area contributed by atoms with Crippen LogP contribution in [0.4, 0.5) is 4.39 Å². The van der Waals surface area contributed by atoms with E-state index in [1.807, 2.05) is 6.92 Å². The Kier molecular flexibility index (Phi) is 3.73. The van der Waals surface area contributed by atoms with Gasteiger partial charge in [-0.3, -0.25) is 0 Å². The Balaban J connectivity index is 2.02. The molecule has 0 spiro atoms. The van der Waals surface area contributed by atoms with Crippen molar-refractivity contribution in [3.05, 3.63) is 40.3 Å². The molecule has 0 aliphatic heterocycles. The fourth-order valence-corrected chi connectivity index (χ4v) is 1.69. The summed E-state index contributed by atoms with van der Waals surface area (Å²) in [6.45, 7) is 2.09. The van der Waals surface area contributed by atoms with Crippen LogP contribution in [0.1, 0.15) is 18.7 Å². The molecule has 0 radical (unpaired) electrons. The van der Waals surface area contributed by atoms with Gasteiger partial charge in [-0.1, -0.05) is 6.92 Å². The molecule has 0 N–H and O–H groups in total. The van der Waals surface area contributed by atoms with E-state index in [4.69, 9.17) is 9.15 Å². The van der Waals surface area contributed by atoms with Gasteiger partial charge in [0, 0.05) is 6.42 Å². The van der Waals surface area contributed by atoms with Gasteiger partial charge in [-0.15, -0.1) is 10.2 Å². The summed E-state index contributed by atoms with van der Waals surface area (Å²) < 4.78 is 24.1. The van der Waals surface area contributed by atoms with Gasteiger partial charge in [-0.25, -0.2) is 4.39 Å². The summed E-state index contributed by atoms with van der Waals surface area (Å²) in [5.74, 6) is 1.18. The van der Waals surface area contributed by atoms with Crippen molar-refractivity contribution >= 4 is 15.9 Å². The molecule has 0 unspecified atom stereocenters. The van der Waals surface area contributed by atoms with Crippen LogP contribution in [-0.4, -0.2) is 10.2 Å². The highest BCUT2D eigenvalue weighted by Crippen LogP contribution is 2.26. The van der Waals surface area contributed by atoms with Crippen LogP contribution >= 0.6 is 15.9 Å². The number of ether oxygens (including phenoxy) is 1. The van der Waals surface area contributed by atoms with Gasteiger partial charge in [0.05, 0.1) is 4.47 Å². The molecule has 2 aromatic rings. The van der Waals surface area contributed by atoms with Gasteiger partial charge in [-0.05, 0) is 34.1 Å². The van der Waals surface area contributed by atoms with E-state index < -0.39 is 0 Å². The van der Waals surface area contributed by atoms with Crippen LogP contribution in [0, 0.1) is 5.82 Å². The molecule has 1 aromatic carbocycles. The molecule has 90 valence electrons. The van der Waals surface area contributed by atoms with E-state index in [2.05, 4.69) is 26.1 Å². The Hall–Kier alpha value is -1.43. The summed E-state index contributed by atoms with van der Waals surface area (Å²) >= 11 is 3.21. The summed E-state index contributed by atoms with van der Waals surface area (Å²) in [5, 5.41) is 7.63. The predicted octanol–water partition coefficient (Wildman–Crippen LogP) is 3.11. The van der Waals surface area contributed by atoms with E-state index in [-0.39, 0.29) is 12.4 Å². The number of hydrogen-bond acceptors (Lipinski definition) is 4. The first-order valence-corrected chi connectivity index (χ1v) is 5.87. The molecule has 17 heavy (non-hydrogen) atoms. The van der Waals surface area contributed by atoms with Crippen LogP contribution in [0.2, 0.25) is 0 Å². The molecule has 0 atom stereocenters. The van der Waals surface area contributed by atoms with Crippen LogP contribution < -0.4 is 4.74 Å². The second kappa shape index (κ2) is 5.27. The Morgan fingerprint density at radius 1 is 1.35 bits per heavy atom. The molecule has 0 fully saturated rings. The maximum absolute atomic E-state index is 12.8. The third-order valence-corrected chi connectivity index (χ3v) is 2.68. The Morgan fingerprint density at radius 2 is 2.12 bits per heavy atom. The standard InChI is InChI=1S/C11H10BrFN2O2/c1-2-10-14-15-11(17-10)6-16-9-4-3-7(13)5-8(9)12/h3-5H,2,6H2,1H3. The van der Waals surface area contributed by atoms with E-state index in [0.717, 1.165) is 0 Å². The van der Waals surface area contributed by atoms with Crippen molar-refractivity contribution in [3.8, 4) is 5.75 Å². The summed E-state index contributed by atoms with van der Waals surface area (Å²) in [4.78, 5) is 0. The Bertz CT molecular complexity index is 516. The molecule has 4 nitrogen and oxygen atoms in total. The Morgan fingerprint density at radius 3 is 2.76 bits per heavy atom. The largest absolute Gasteiger partial charge is 0.483 e. The van der Waals surface area contributed by atoms with Crippen molar-refractivity contribution < 1.29 is 13.5 Å². The monoisotopic (exact) mass is 300 g/mol. The quantitative estimate of drug-likeness (QED) is 0.870. The molecule has 0 aliphatic rings. The molecule has 0 aliphatic carbocycles. The van der Waals surface area contributed by atoms with Crippen LogP contribution in [-0.2, 0) is 13.0 Å². The number of benzene rings is 1. The number of nitrogens with zero attached hydrogens (tertiary/aromatic N) is 2. The lowest BCUT2D eigenvalue weighted by Gasteiger charge is -2.05. The van der Waals surface area contributed by atoms with Gasteiger partial charge in [-0.2, -0.15) is 0 Å². The lowest BCUT2D eigenvalue weighted by molar-refractivity contribution is 0.257. The third kappa shape index (κ3) is 3.03. The van der Waals surface area contributed by atoms with Crippen molar-refractivity contribution in [2.75, 3.05) is 0 Å².